The minimum absolute atomic E-state index is 0.148. The molecule has 280 valence electrons. The Morgan fingerprint density at radius 2 is 0.831 bits per heavy atom. The molecule has 11 rings (SSSR count). The van der Waals surface area contributed by atoms with Crippen LogP contribution in [-0.2, 0) is 5.41 Å². The van der Waals surface area contributed by atoms with Gasteiger partial charge in [-0.2, -0.15) is 0 Å². The van der Waals surface area contributed by atoms with E-state index in [0.29, 0.717) is 0 Å². The predicted octanol–water partition coefficient (Wildman–Crippen LogP) is 16.0. The molecule has 1 aliphatic carbocycles. The largest absolute Gasteiger partial charge is 0.455 e. The summed E-state index contributed by atoms with van der Waals surface area (Å²) in [5.74, 6) is 0. The average Bonchev–Trinajstić information content (AvgIpc) is 3.78. The number of benzene rings is 9. The van der Waals surface area contributed by atoms with E-state index < -0.39 is 0 Å². The summed E-state index contributed by atoms with van der Waals surface area (Å²) in [6, 6.07) is 76.7. The molecule has 59 heavy (non-hydrogen) atoms. The van der Waals surface area contributed by atoms with Crippen molar-refractivity contribution in [1.29, 1.82) is 0 Å². The van der Waals surface area contributed by atoms with E-state index in [1.807, 2.05) is 6.07 Å². The standard InChI is InChI=1S/C57H41NO/c1-57(2)53-36-43(38-14-6-3-7-15-38)28-32-48(53)49-33-31-47(37-54(49)57)58(45-18-10-5-11-19-45)46-29-26-40(27-30-46)39-22-24-41(25-23-39)44-34-51(42-16-8-4-9-17-42)56-52(35-44)50-20-12-13-21-55(50)59-56/h3-37H,1-2H3. The van der Waals surface area contributed by atoms with Gasteiger partial charge in [0.15, 0.2) is 0 Å². The van der Waals surface area contributed by atoms with Crippen molar-refractivity contribution in [3.05, 3.63) is 223 Å². The Morgan fingerprint density at radius 3 is 1.53 bits per heavy atom. The van der Waals surface area contributed by atoms with Crippen molar-refractivity contribution in [2.24, 2.45) is 0 Å². The monoisotopic (exact) mass is 755 g/mol. The summed E-state index contributed by atoms with van der Waals surface area (Å²) >= 11 is 0. The Hall–Kier alpha value is -7.42. The van der Waals surface area contributed by atoms with Crippen molar-refractivity contribution in [3.8, 4) is 55.6 Å². The van der Waals surface area contributed by atoms with E-state index >= 15 is 0 Å². The first-order valence-corrected chi connectivity index (χ1v) is 20.4. The molecule has 0 saturated carbocycles. The molecule has 0 unspecified atom stereocenters. The molecule has 2 heteroatoms. The molecule has 0 aliphatic heterocycles. The van der Waals surface area contributed by atoms with Crippen LogP contribution in [0.1, 0.15) is 25.0 Å². The predicted molar refractivity (Wildman–Crippen MR) is 248 cm³/mol. The highest BCUT2D eigenvalue weighted by atomic mass is 16.3. The van der Waals surface area contributed by atoms with E-state index in [1.165, 1.54) is 55.6 Å². The van der Waals surface area contributed by atoms with Crippen LogP contribution in [0.15, 0.2) is 217 Å². The third kappa shape index (κ3) is 5.96. The minimum Gasteiger partial charge on any atom is -0.455 e. The zero-order valence-electron chi connectivity index (χ0n) is 33.1. The van der Waals surface area contributed by atoms with Gasteiger partial charge in [0, 0.05) is 38.8 Å². The van der Waals surface area contributed by atoms with Gasteiger partial charge in [0.1, 0.15) is 11.2 Å². The quantitative estimate of drug-likeness (QED) is 0.161. The highest BCUT2D eigenvalue weighted by molar-refractivity contribution is 6.11. The Bertz CT molecular complexity index is 3140. The maximum absolute atomic E-state index is 6.44. The van der Waals surface area contributed by atoms with Crippen LogP contribution < -0.4 is 4.90 Å². The van der Waals surface area contributed by atoms with Crippen LogP contribution >= 0.6 is 0 Å². The van der Waals surface area contributed by atoms with Gasteiger partial charge in [-0.15, -0.1) is 0 Å². The van der Waals surface area contributed by atoms with Crippen molar-refractivity contribution >= 4 is 39.0 Å². The molecule has 1 heterocycles. The Morgan fingerprint density at radius 1 is 0.339 bits per heavy atom. The van der Waals surface area contributed by atoms with Crippen molar-refractivity contribution in [3.63, 3.8) is 0 Å². The number of rotatable bonds is 7. The Kier molecular flexibility index (Phi) is 8.20. The van der Waals surface area contributed by atoms with Crippen LogP contribution in [0.5, 0.6) is 0 Å². The lowest BCUT2D eigenvalue weighted by Crippen LogP contribution is -2.16. The summed E-state index contributed by atoms with van der Waals surface area (Å²) in [7, 11) is 0. The molecule has 0 saturated heterocycles. The average molecular weight is 756 g/mol. The van der Waals surface area contributed by atoms with Gasteiger partial charge in [0.25, 0.3) is 0 Å². The highest BCUT2D eigenvalue weighted by Crippen LogP contribution is 2.52. The van der Waals surface area contributed by atoms with Crippen LogP contribution in [0.2, 0.25) is 0 Å². The first kappa shape index (κ1) is 34.8. The summed E-state index contributed by atoms with van der Waals surface area (Å²) < 4.78 is 6.44. The second-order valence-corrected chi connectivity index (χ2v) is 16.1. The molecule has 10 aromatic rings. The summed E-state index contributed by atoms with van der Waals surface area (Å²) in [6.45, 7) is 4.73. The van der Waals surface area contributed by atoms with Gasteiger partial charge in [-0.25, -0.2) is 0 Å². The SMILES string of the molecule is CC1(C)c2cc(-c3ccccc3)ccc2-c2ccc(N(c3ccccc3)c3ccc(-c4ccc(-c5cc(-c6ccccc6)c6oc7ccccc7c6c5)cc4)cc3)cc21. The molecule has 2 nitrogen and oxygen atoms in total. The fourth-order valence-electron chi connectivity index (χ4n) is 9.18. The van der Waals surface area contributed by atoms with Crippen LogP contribution in [0.25, 0.3) is 77.6 Å². The van der Waals surface area contributed by atoms with Gasteiger partial charge >= 0.3 is 0 Å². The number of anilines is 3. The fraction of sp³-hybridized carbons (Fsp3) is 0.0526. The summed E-state index contributed by atoms with van der Waals surface area (Å²) in [6.07, 6.45) is 0. The second kappa shape index (κ2) is 13.9. The molecule has 0 spiro atoms. The molecular weight excluding hydrogens is 715 g/mol. The maximum Gasteiger partial charge on any atom is 0.143 e. The lowest BCUT2D eigenvalue weighted by atomic mass is 9.81. The number of fused-ring (bicyclic) bond motifs is 6. The molecule has 0 atom stereocenters. The van der Waals surface area contributed by atoms with Crippen LogP contribution in [0, 0.1) is 0 Å². The third-order valence-electron chi connectivity index (χ3n) is 12.3. The van der Waals surface area contributed by atoms with Gasteiger partial charge < -0.3 is 9.32 Å². The minimum atomic E-state index is -0.148. The number of furan rings is 1. The van der Waals surface area contributed by atoms with Crippen molar-refractivity contribution in [2.75, 3.05) is 4.90 Å². The zero-order chi connectivity index (χ0) is 39.5. The number of hydrogen-bond donors (Lipinski definition) is 0. The molecule has 0 fully saturated rings. The van der Waals surface area contributed by atoms with Gasteiger partial charge in [0.2, 0.25) is 0 Å². The van der Waals surface area contributed by atoms with Gasteiger partial charge in [-0.1, -0.05) is 166 Å². The molecule has 0 N–H and O–H groups in total. The number of hydrogen-bond acceptors (Lipinski definition) is 2. The van der Waals surface area contributed by atoms with Crippen molar-refractivity contribution in [1.82, 2.24) is 0 Å². The van der Waals surface area contributed by atoms with E-state index in [4.69, 9.17) is 4.42 Å². The molecule has 1 aliphatic rings. The van der Waals surface area contributed by atoms with Crippen LogP contribution in [-0.4, -0.2) is 0 Å². The molecule has 0 amide bonds. The number of nitrogens with zero attached hydrogens (tertiary/aromatic N) is 1. The van der Waals surface area contributed by atoms with Gasteiger partial charge in [0.05, 0.1) is 0 Å². The molecule has 1 aromatic heterocycles. The third-order valence-corrected chi connectivity index (χ3v) is 12.3. The first-order valence-electron chi connectivity index (χ1n) is 20.4. The summed E-state index contributed by atoms with van der Waals surface area (Å²) in [4.78, 5) is 2.38. The van der Waals surface area contributed by atoms with E-state index in [9.17, 15) is 0 Å². The molecule has 9 aromatic carbocycles. The fourth-order valence-corrected chi connectivity index (χ4v) is 9.18. The highest BCUT2D eigenvalue weighted by Gasteiger charge is 2.36. The zero-order valence-corrected chi connectivity index (χ0v) is 33.1. The lowest BCUT2D eigenvalue weighted by Gasteiger charge is -2.28. The molecular formula is C57H41NO. The Balaban J connectivity index is 0.925. The van der Waals surface area contributed by atoms with Crippen molar-refractivity contribution in [2.45, 2.75) is 19.3 Å². The van der Waals surface area contributed by atoms with Crippen LogP contribution in [0.4, 0.5) is 17.1 Å². The van der Waals surface area contributed by atoms with E-state index in [1.54, 1.807) is 0 Å². The summed E-state index contributed by atoms with van der Waals surface area (Å²) in [5, 5.41) is 2.27. The topological polar surface area (TPSA) is 16.4 Å². The van der Waals surface area contributed by atoms with Gasteiger partial charge in [-0.3, -0.25) is 0 Å². The van der Waals surface area contributed by atoms with Crippen molar-refractivity contribution < 1.29 is 4.42 Å². The summed E-state index contributed by atoms with van der Waals surface area (Å²) in [5.41, 5.74) is 19.9. The Labute approximate surface area is 345 Å². The number of para-hydroxylation sites is 2. The smallest absolute Gasteiger partial charge is 0.143 e. The van der Waals surface area contributed by atoms with Gasteiger partial charge in [-0.05, 0) is 122 Å². The second-order valence-electron chi connectivity index (χ2n) is 16.1. The molecule has 0 bridgehead atoms. The van der Waals surface area contributed by atoms with E-state index in [2.05, 4.69) is 225 Å². The lowest BCUT2D eigenvalue weighted by molar-refractivity contribution is 0.660. The van der Waals surface area contributed by atoms with Crippen LogP contribution in [0.3, 0.4) is 0 Å². The maximum atomic E-state index is 6.44. The molecule has 0 radical (unpaired) electrons. The van der Waals surface area contributed by atoms with E-state index in [0.717, 1.165) is 50.1 Å². The first-order chi connectivity index (χ1) is 29.0. The van der Waals surface area contributed by atoms with E-state index in [-0.39, 0.29) is 5.41 Å². The normalized spacial score (nSPS) is 12.7.